The molecule has 0 aliphatic rings. The standard InChI is InChI=1S/C13H11BrNO.HI/c14-12-6-4-11(5-7-12)13(16)10-15-8-2-1-3-9-15;/h1-9H,10H2;1H/q+1;/p-1. The van der Waals surface area contributed by atoms with Crippen LogP contribution in [0.5, 0.6) is 0 Å². The molecule has 0 amide bonds. The molecular formula is C13H11BrINO. The highest BCUT2D eigenvalue weighted by Gasteiger charge is 2.10. The van der Waals surface area contributed by atoms with Crippen molar-refractivity contribution < 1.29 is 33.3 Å². The average molecular weight is 404 g/mol. The van der Waals surface area contributed by atoms with Crippen LogP contribution < -0.4 is 28.5 Å². The monoisotopic (exact) mass is 403 g/mol. The molecule has 0 aliphatic heterocycles. The lowest BCUT2D eigenvalue weighted by Gasteiger charge is -1.98. The fourth-order valence-corrected chi connectivity index (χ4v) is 1.70. The molecule has 0 fully saturated rings. The summed E-state index contributed by atoms with van der Waals surface area (Å²) in [7, 11) is 0. The molecule has 0 unspecified atom stereocenters. The van der Waals surface area contributed by atoms with E-state index in [1.54, 1.807) is 0 Å². The van der Waals surface area contributed by atoms with Crippen LogP contribution in [0.25, 0.3) is 0 Å². The summed E-state index contributed by atoms with van der Waals surface area (Å²) in [4.78, 5) is 11.9. The van der Waals surface area contributed by atoms with Crippen molar-refractivity contribution in [3.05, 3.63) is 64.9 Å². The normalized spacial score (nSPS) is 9.47. The van der Waals surface area contributed by atoms with Crippen molar-refractivity contribution in [3.63, 3.8) is 0 Å². The fourth-order valence-electron chi connectivity index (χ4n) is 1.43. The third-order valence-corrected chi connectivity index (χ3v) is 2.80. The Balaban J connectivity index is 0.00000144. The number of carbonyl (C=O) groups excluding carboxylic acids is 1. The molecule has 0 aliphatic carbocycles. The summed E-state index contributed by atoms with van der Waals surface area (Å²) in [6, 6.07) is 13.2. The average Bonchev–Trinajstić information content (AvgIpc) is 2.31. The molecule has 0 spiro atoms. The molecule has 2 nitrogen and oxygen atoms in total. The van der Waals surface area contributed by atoms with Gasteiger partial charge in [-0.15, -0.1) is 0 Å². The summed E-state index contributed by atoms with van der Waals surface area (Å²) >= 11 is 3.34. The SMILES string of the molecule is O=C(C[n+]1ccccc1)c1ccc(Br)cc1.[I-]. The third-order valence-electron chi connectivity index (χ3n) is 2.27. The Kier molecular flexibility index (Phi) is 5.77. The van der Waals surface area contributed by atoms with E-state index >= 15 is 0 Å². The van der Waals surface area contributed by atoms with Crippen molar-refractivity contribution in [1.82, 2.24) is 0 Å². The van der Waals surface area contributed by atoms with Gasteiger partial charge in [-0.05, 0) is 12.1 Å². The minimum absolute atomic E-state index is 0. The molecule has 1 aromatic heterocycles. The van der Waals surface area contributed by atoms with Crippen LogP contribution >= 0.6 is 15.9 Å². The first kappa shape index (κ1) is 14.3. The summed E-state index contributed by atoms with van der Waals surface area (Å²) in [5, 5.41) is 0. The number of hydrogen-bond donors (Lipinski definition) is 0. The van der Waals surface area contributed by atoms with Crippen LogP contribution in [0.4, 0.5) is 0 Å². The Morgan fingerprint density at radius 3 is 2.24 bits per heavy atom. The number of pyridine rings is 1. The highest BCUT2D eigenvalue weighted by atomic mass is 127. The van der Waals surface area contributed by atoms with Crippen molar-refractivity contribution >= 4 is 21.7 Å². The third kappa shape index (κ3) is 4.20. The number of benzene rings is 1. The Bertz CT molecular complexity index is 485. The quantitative estimate of drug-likeness (QED) is 0.389. The van der Waals surface area contributed by atoms with E-state index in [4.69, 9.17) is 0 Å². The van der Waals surface area contributed by atoms with Crippen LogP contribution in [0.15, 0.2) is 59.3 Å². The molecule has 2 aromatic rings. The van der Waals surface area contributed by atoms with Crippen LogP contribution in [-0.4, -0.2) is 5.78 Å². The Morgan fingerprint density at radius 1 is 1.06 bits per heavy atom. The molecule has 0 atom stereocenters. The van der Waals surface area contributed by atoms with E-state index in [0.29, 0.717) is 6.54 Å². The highest BCUT2D eigenvalue weighted by Crippen LogP contribution is 2.10. The largest absolute Gasteiger partial charge is 1.00 e. The van der Waals surface area contributed by atoms with Gasteiger partial charge in [0.25, 0.3) is 0 Å². The van der Waals surface area contributed by atoms with Gasteiger partial charge in [0.2, 0.25) is 12.3 Å². The highest BCUT2D eigenvalue weighted by molar-refractivity contribution is 9.10. The van der Waals surface area contributed by atoms with E-state index < -0.39 is 0 Å². The number of ketones is 1. The van der Waals surface area contributed by atoms with Crippen molar-refractivity contribution in [1.29, 1.82) is 0 Å². The Labute approximate surface area is 126 Å². The van der Waals surface area contributed by atoms with Gasteiger partial charge >= 0.3 is 0 Å². The fraction of sp³-hybridized carbons (Fsp3) is 0.0769. The van der Waals surface area contributed by atoms with Crippen molar-refractivity contribution in [2.45, 2.75) is 6.54 Å². The second-order valence-corrected chi connectivity index (χ2v) is 4.39. The Hall–Kier alpha value is -0.750. The molecule has 0 N–H and O–H groups in total. The number of aromatic nitrogens is 1. The maximum absolute atomic E-state index is 11.9. The predicted molar refractivity (Wildman–Crippen MR) is 65.1 cm³/mol. The van der Waals surface area contributed by atoms with Crippen LogP contribution in [0.3, 0.4) is 0 Å². The molecule has 0 saturated heterocycles. The zero-order chi connectivity index (χ0) is 11.4. The number of nitrogens with zero attached hydrogens (tertiary/aromatic N) is 1. The minimum atomic E-state index is 0. The number of carbonyl (C=O) groups is 1. The van der Waals surface area contributed by atoms with Crippen molar-refractivity contribution in [3.8, 4) is 0 Å². The van der Waals surface area contributed by atoms with Gasteiger partial charge in [0.15, 0.2) is 12.4 Å². The number of halogens is 2. The lowest BCUT2D eigenvalue weighted by molar-refractivity contribution is -0.683. The van der Waals surface area contributed by atoms with E-state index in [1.807, 2.05) is 59.4 Å². The first-order valence-corrected chi connectivity index (χ1v) is 5.78. The smallest absolute Gasteiger partial charge is 0.227 e. The first-order chi connectivity index (χ1) is 7.75. The molecule has 0 bridgehead atoms. The van der Waals surface area contributed by atoms with Gasteiger partial charge in [0.05, 0.1) is 0 Å². The maximum atomic E-state index is 11.9. The lowest BCUT2D eigenvalue weighted by atomic mass is 10.1. The van der Waals surface area contributed by atoms with Gasteiger partial charge in [-0.3, -0.25) is 4.79 Å². The number of rotatable bonds is 3. The van der Waals surface area contributed by atoms with Gasteiger partial charge in [-0.1, -0.05) is 34.1 Å². The lowest BCUT2D eigenvalue weighted by Crippen LogP contribution is -3.00. The van der Waals surface area contributed by atoms with E-state index in [1.165, 1.54) is 0 Å². The van der Waals surface area contributed by atoms with Crippen molar-refractivity contribution in [2.24, 2.45) is 0 Å². The first-order valence-electron chi connectivity index (χ1n) is 4.98. The molecule has 88 valence electrons. The van der Waals surface area contributed by atoms with E-state index in [9.17, 15) is 4.79 Å². The molecule has 1 heterocycles. The van der Waals surface area contributed by atoms with E-state index in [0.717, 1.165) is 10.0 Å². The zero-order valence-corrected chi connectivity index (χ0v) is 12.8. The summed E-state index contributed by atoms with van der Waals surface area (Å²) in [6.07, 6.45) is 3.77. The summed E-state index contributed by atoms with van der Waals surface area (Å²) < 4.78 is 2.85. The summed E-state index contributed by atoms with van der Waals surface area (Å²) in [5.74, 6) is 0.115. The second kappa shape index (κ2) is 6.86. The number of Topliss-reactive ketones (excluding diaryl/α,β-unsaturated/α-hetero) is 1. The van der Waals surface area contributed by atoms with Gasteiger partial charge < -0.3 is 24.0 Å². The Morgan fingerprint density at radius 2 is 1.65 bits per heavy atom. The van der Waals surface area contributed by atoms with Crippen LogP contribution in [0.2, 0.25) is 0 Å². The van der Waals surface area contributed by atoms with E-state index in [-0.39, 0.29) is 29.8 Å². The van der Waals surface area contributed by atoms with Crippen LogP contribution in [0, 0.1) is 0 Å². The molecule has 4 heteroatoms. The van der Waals surface area contributed by atoms with Gasteiger partial charge in [-0.2, -0.15) is 4.57 Å². The minimum Gasteiger partial charge on any atom is -1.00 e. The molecule has 17 heavy (non-hydrogen) atoms. The van der Waals surface area contributed by atoms with Crippen LogP contribution in [0.1, 0.15) is 10.4 Å². The maximum Gasteiger partial charge on any atom is 0.227 e. The topological polar surface area (TPSA) is 20.9 Å². The zero-order valence-electron chi connectivity index (χ0n) is 9.01. The molecular weight excluding hydrogens is 393 g/mol. The number of hydrogen-bond acceptors (Lipinski definition) is 1. The molecule has 1 aromatic carbocycles. The van der Waals surface area contributed by atoms with Gasteiger partial charge in [0.1, 0.15) is 0 Å². The summed E-state index contributed by atoms with van der Waals surface area (Å²) in [6.45, 7) is 0.377. The molecule has 0 radical (unpaired) electrons. The molecule has 2 rings (SSSR count). The molecule has 0 saturated carbocycles. The van der Waals surface area contributed by atoms with E-state index in [2.05, 4.69) is 15.9 Å². The van der Waals surface area contributed by atoms with Gasteiger partial charge in [-0.25, -0.2) is 0 Å². The van der Waals surface area contributed by atoms with Crippen LogP contribution in [-0.2, 0) is 6.54 Å². The summed E-state index contributed by atoms with van der Waals surface area (Å²) in [5.41, 5.74) is 0.736. The van der Waals surface area contributed by atoms with Gasteiger partial charge in [0, 0.05) is 22.2 Å². The second-order valence-electron chi connectivity index (χ2n) is 3.48. The predicted octanol–water partition coefficient (Wildman–Crippen LogP) is -0.377. The van der Waals surface area contributed by atoms with Crippen molar-refractivity contribution in [2.75, 3.05) is 0 Å².